The van der Waals surface area contributed by atoms with Crippen molar-refractivity contribution in [3.05, 3.63) is 83.4 Å². The van der Waals surface area contributed by atoms with E-state index in [2.05, 4.69) is 5.32 Å². The van der Waals surface area contributed by atoms with Gasteiger partial charge in [-0.1, -0.05) is 29.8 Å². The third-order valence-corrected chi connectivity index (χ3v) is 5.47. The number of halogens is 1. The van der Waals surface area contributed by atoms with E-state index in [1.165, 1.54) is 0 Å². The lowest BCUT2D eigenvalue weighted by Gasteiger charge is -2.47. The maximum absolute atomic E-state index is 13.0. The Balaban J connectivity index is 1.54. The first-order valence-electron chi connectivity index (χ1n) is 9.75. The number of hydrogen-bond donors (Lipinski definition) is 1. The van der Waals surface area contributed by atoms with Gasteiger partial charge in [-0.15, -0.1) is 0 Å². The van der Waals surface area contributed by atoms with E-state index >= 15 is 0 Å². The molecule has 6 heteroatoms. The van der Waals surface area contributed by atoms with Crippen molar-refractivity contribution in [2.75, 3.05) is 23.9 Å². The maximum atomic E-state index is 13.0. The van der Waals surface area contributed by atoms with E-state index in [1.54, 1.807) is 31.4 Å². The number of carbonyl (C=O) groups excluding carboxylic acids is 1. The van der Waals surface area contributed by atoms with Gasteiger partial charge in [-0.25, -0.2) is 0 Å². The van der Waals surface area contributed by atoms with Crippen molar-refractivity contribution in [2.24, 2.45) is 0 Å². The third kappa shape index (κ3) is 4.07. The standard InChI is InChI=1S/C24H23ClN2O3/c1-16-5-3-4-6-21(16)27-22(15-26-18-9-13-19(29-2)14-10-18)23(24(27)28)30-20-11-7-17(25)8-12-20/h3-14,22-23,26H,15H2,1-2H3. The molecule has 1 N–H and O–H groups in total. The van der Waals surface area contributed by atoms with Gasteiger partial charge in [0.2, 0.25) is 0 Å². The van der Waals surface area contributed by atoms with Crippen LogP contribution in [0.4, 0.5) is 11.4 Å². The molecular formula is C24H23ClN2O3. The minimum absolute atomic E-state index is 0.0548. The number of benzene rings is 3. The van der Waals surface area contributed by atoms with Crippen LogP contribution in [0.5, 0.6) is 11.5 Å². The predicted octanol–water partition coefficient (Wildman–Crippen LogP) is 4.93. The molecular weight excluding hydrogens is 400 g/mol. The van der Waals surface area contributed by atoms with Crippen molar-refractivity contribution in [3.8, 4) is 11.5 Å². The van der Waals surface area contributed by atoms with E-state index in [1.807, 2.05) is 60.4 Å². The number of hydrogen-bond acceptors (Lipinski definition) is 4. The Morgan fingerprint density at radius 2 is 1.63 bits per heavy atom. The number of aryl methyl sites for hydroxylation is 1. The Bertz CT molecular complexity index is 1020. The lowest BCUT2D eigenvalue weighted by molar-refractivity contribution is -0.134. The number of nitrogens with zero attached hydrogens (tertiary/aromatic N) is 1. The minimum Gasteiger partial charge on any atom is -0.497 e. The van der Waals surface area contributed by atoms with Gasteiger partial charge < -0.3 is 14.8 Å². The SMILES string of the molecule is COc1ccc(NCC2C(Oc3ccc(Cl)cc3)C(=O)N2c2ccccc2C)cc1. The molecule has 1 amide bonds. The molecule has 0 spiro atoms. The highest BCUT2D eigenvalue weighted by molar-refractivity contribution is 6.30. The van der Waals surface area contributed by atoms with Gasteiger partial charge in [0.15, 0.2) is 6.10 Å². The van der Waals surface area contributed by atoms with Gasteiger partial charge in [-0.05, 0) is 67.1 Å². The fraction of sp³-hybridized carbons (Fsp3) is 0.208. The van der Waals surface area contributed by atoms with Crippen LogP contribution in [-0.2, 0) is 4.79 Å². The molecule has 0 bridgehead atoms. The summed E-state index contributed by atoms with van der Waals surface area (Å²) in [6.45, 7) is 2.55. The summed E-state index contributed by atoms with van der Waals surface area (Å²) in [5, 5.41) is 4.04. The van der Waals surface area contributed by atoms with Crippen LogP contribution in [0.1, 0.15) is 5.56 Å². The Labute approximate surface area is 181 Å². The molecule has 1 heterocycles. The number of β-lactam (4-membered cyclic amide) rings is 1. The molecule has 3 aromatic carbocycles. The molecule has 2 unspecified atom stereocenters. The highest BCUT2D eigenvalue weighted by Crippen LogP contribution is 2.34. The molecule has 0 saturated carbocycles. The van der Waals surface area contributed by atoms with Crippen molar-refractivity contribution in [1.29, 1.82) is 0 Å². The molecule has 1 aliphatic rings. The lowest BCUT2D eigenvalue weighted by Crippen LogP contribution is -2.69. The second-order valence-electron chi connectivity index (χ2n) is 7.16. The summed E-state index contributed by atoms with van der Waals surface area (Å²) in [7, 11) is 1.64. The summed E-state index contributed by atoms with van der Waals surface area (Å²) < 4.78 is 11.2. The number of amides is 1. The van der Waals surface area contributed by atoms with E-state index in [0.29, 0.717) is 17.3 Å². The number of nitrogens with one attached hydrogen (secondary N) is 1. The first-order chi connectivity index (χ1) is 14.6. The smallest absolute Gasteiger partial charge is 0.270 e. The van der Waals surface area contributed by atoms with Crippen LogP contribution >= 0.6 is 11.6 Å². The average Bonchev–Trinajstić information content (AvgIpc) is 2.77. The molecule has 0 radical (unpaired) electrons. The Hall–Kier alpha value is -3.18. The van der Waals surface area contributed by atoms with Crippen LogP contribution in [-0.4, -0.2) is 31.7 Å². The highest BCUT2D eigenvalue weighted by Gasteiger charge is 2.50. The van der Waals surface area contributed by atoms with Gasteiger partial charge in [0, 0.05) is 22.9 Å². The molecule has 5 nitrogen and oxygen atoms in total. The van der Waals surface area contributed by atoms with E-state index in [-0.39, 0.29) is 11.9 Å². The van der Waals surface area contributed by atoms with Crippen molar-refractivity contribution in [3.63, 3.8) is 0 Å². The summed E-state index contributed by atoms with van der Waals surface area (Å²) in [5.41, 5.74) is 2.90. The molecule has 1 fully saturated rings. The zero-order valence-electron chi connectivity index (χ0n) is 16.8. The van der Waals surface area contributed by atoms with Crippen LogP contribution in [0, 0.1) is 6.92 Å². The minimum atomic E-state index is -0.573. The molecule has 1 saturated heterocycles. The molecule has 0 aliphatic carbocycles. The van der Waals surface area contributed by atoms with Crippen molar-refractivity contribution in [2.45, 2.75) is 19.1 Å². The van der Waals surface area contributed by atoms with Crippen LogP contribution in [0.25, 0.3) is 0 Å². The van der Waals surface area contributed by atoms with Gasteiger partial charge in [0.05, 0.1) is 7.11 Å². The molecule has 0 aromatic heterocycles. The zero-order valence-corrected chi connectivity index (χ0v) is 17.6. The van der Waals surface area contributed by atoms with E-state index in [0.717, 1.165) is 22.7 Å². The predicted molar refractivity (Wildman–Crippen MR) is 120 cm³/mol. The zero-order chi connectivity index (χ0) is 21.1. The molecule has 1 aliphatic heterocycles. The van der Waals surface area contributed by atoms with Gasteiger partial charge >= 0.3 is 0 Å². The van der Waals surface area contributed by atoms with Crippen LogP contribution < -0.4 is 19.7 Å². The van der Waals surface area contributed by atoms with Crippen LogP contribution in [0.15, 0.2) is 72.8 Å². The third-order valence-electron chi connectivity index (χ3n) is 5.22. The van der Waals surface area contributed by atoms with Gasteiger partial charge in [-0.3, -0.25) is 9.69 Å². The normalized spacial score (nSPS) is 18.0. The molecule has 2 atom stereocenters. The van der Waals surface area contributed by atoms with E-state index in [9.17, 15) is 4.79 Å². The lowest BCUT2D eigenvalue weighted by atomic mass is 9.95. The number of ether oxygens (including phenoxy) is 2. The number of para-hydroxylation sites is 1. The van der Waals surface area contributed by atoms with Crippen LogP contribution in [0.2, 0.25) is 5.02 Å². The summed E-state index contributed by atoms with van der Waals surface area (Å²) in [6, 6.07) is 22.5. The second-order valence-corrected chi connectivity index (χ2v) is 7.60. The van der Waals surface area contributed by atoms with Gasteiger partial charge in [0.1, 0.15) is 17.5 Å². The average molecular weight is 423 g/mol. The fourth-order valence-corrected chi connectivity index (χ4v) is 3.69. The van der Waals surface area contributed by atoms with E-state index in [4.69, 9.17) is 21.1 Å². The van der Waals surface area contributed by atoms with Gasteiger partial charge in [-0.2, -0.15) is 0 Å². The summed E-state index contributed by atoms with van der Waals surface area (Å²) in [5.74, 6) is 1.36. The first-order valence-corrected chi connectivity index (χ1v) is 10.1. The Kier molecular flexibility index (Phi) is 5.81. The number of carbonyl (C=O) groups is 1. The Morgan fingerprint density at radius 1 is 0.967 bits per heavy atom. The highest BCUT2D eigenvalue weighted by atomic mass is 35.5. The molecule has 3 aromatic rings. The van der Waals surface area contributed by atoms with E-state index < -0.39 is 6.10 Å². The van der Waals surface area contributed by atoms with Crippen molar-refractivity contribution < 1.29 is 14.3 Å². The number of rotatable bonds is 7. The largest absolute Gasteiger partial charge is 0.497 e. The molecule has 154 valence electrons. The first kappa shape index (κ1) is 20.1. The summed E-state index contributed by atoms with van der Waals surface area (Å²) in [4.78, 5) is 14.8. The van der Waals surface area contributed by atoms with Crippen LogP contribution in [0.3, 0.4) is 0 Å². The van der Waals surface area contributed by atoms with Crippen molar-refractivity contribution >= 4 is 28.9 Å². The fourth-order valence-electron chi connectivity index (χ4n) is 3.57. The second kappa shape index (κ2) is 8.67. The number of anilines is 2. The summed E-state index contributed by atoms with van der Waals surface area (Å²) in [6.07, 6.45) is -0.573. The Morgan fingerprint density at radius 3 is 2.30 bits per heavy atom. The van der Waals surface area contributed by atoms with Gasteiger partial charge in [0.25, 0.3) is 5.91 Å². The van der Waals surface area contributed by atoms with Crippen molar-refractivity contribution in [1.82, 2.24) is 0 Å². The monoisotopic (exact) mass is 422 g/mol. The maximum Gasteiger partial charge on any atom is 0.270 e. The summed E-state index contributed by atoms with van der Waals surface area (Å²) >= 11 is 5.96. The molecule has 4 rings (SSSR count). The quantitative estimate of drug-likeness (QED) is 0.548. The number of methoxy groups -OCH3 is 1. The topological polar surface area (TPSA) is 50.8 Å². The molecule has 30 heavy (non-hydrogen) atoms.